The van der Waals surface area contributed by atoms with Crippen molar-refractivity contribution in [2.45, 2.75) is 20.0 Å². The van der Waals surface area contributed by atoms with Crippen LogP contribution in [0.25, 0.3) is 21.7 Å². The Bertz CT molecular complexity index is 1400. The van der Waals surface area contributed by atoms with Crippen molar-refractivity contribution < 1.29 is 14.6 Å². The van der Waals surface area contributed by atoms with E-state index in [0.29, 0.717) is 44.7 Å². The monoisotopic (exact) mass is 428 g/mol. The smallest absolute Gasteiger partial charge is 0.325 e. The molecule has 10 heteroatoms. The fourth-order valence-corrected chi connectivity index (χ4v) is 3.57. The first-order valence-corrected chi connectivity index (χ1v) is 9.52. The molecule has 9 nitrogen and oxygen atoms in total. The molecular formula is C20H17ClN4O5. The minimum atomic E-state index is -1.19. The summed E-state index contributed by atoms with van der Waals surface area (Å²) in [6.07, 6.45) is 0. The van der Waals surface area contributed by atoms with E-state index in [1.807, 2.05) is 6.92 Å². The van der Waals surface area contributed by atoms with Gasteiger partial charge in [-0.05, 0) is 19.1 Å². The number of nitrogens with zero attached hydrogens (tertiary/aromatic N) is 3. The van der Waals surface area contributed by atoms with E-state index in [0.717, 1.165) is 4.68 Å². The molecule has 2 aromatic carbocycles. The lowest BCUT2D eigenvalue weighted by molar-refractivity contribution is -0.138. The van der Waals surface area contributed by atoms with E-state index in [1.54, 1.807) is 30.3 Å². The van der Waals surface area contributed by atoms with Crippen molar-refractivity contribution in [1.82, 2.24) is 19.6 Å². The van der Waals surface area contributed by atoms with E-state index in [2.05, 4.69) is 10.2 Å². The van der Waals surface area contributed by atoms with Gasteiger partial charge in [-0.25, -0.2) is 9.36 Å². The highest BCUT2D eigenvalue weighted by molar-refractivity contribution is 6.32. The number of ether oxygens (including phenoxy) is 1. The molecule has 0 fully saturated rings. The molecule has 0 saturated heterocycles. The molecule has 4 aromatic rings. The average Bonchev–Trinajstić information content (AvgIpc) is 3.00. The predicted octanol–water partition coefficient (Wildman–Crippen LogP) is 2.22. The van der Waals surface area contributed by atoms with E-state index in [9.17, 15) is 14.4 Å². The van der Waals surface area contributed by atoms with Crippen molar-refractivity contribution >= 4 is 39.2 Å². The molecule has 0 aliphatic carbocycles. The summed E-state index contributed by atoms with van der Waals surface area (Å²) in [5.41, 5.74) is 0.0953. The Morgan fingerprint density at radius 2 is 1.90 bits per heavy atom. The number of aliphatic carboxylic acids is 1. The van der Waals surface area contributed by atoms with Crippen LogP contribution in [0.3, 0.4) is 0 Å². The summed E-state index contributed by atoms with van der Waals surface area (Å²) in [6.45, 7) is 1.69. The molecule has 30 heavy (non-hydrogen) atoms. The van der Waals surface area contributed by atoms with Crippen LogP contribution in [0.15, 0.2) is 46.0 Å². The Kier molecular flexibility index (Phi) is 5.04. The summed E-state index contributed by atoms with van der Waals surface area (Å²) in [5.74, 6) is -0.731. The summed E-state index contributed by atoms with van der Waals surface area (Å²) in [4.78, 5) is 36.5. The maximum Gasteiger partial charge on any atom is 0.325 e. The zero-order valence-corrected chi connectivity index (χ0v) is 16.6. The Morgan fingerprint density at radius 1 is 1.17 bits per heavy atom. The normalized spacial score (nSPS) is 11.3. The van der Waals surface area contributed by atoms with E-state index in [4.69, 9.17) is 21.4 Å². The minimum absolute atomic E-state index is 0.00944. The third-order valence-corrected chi connectivity index (χ3v) is 4.94. The van der Waals surface area contributed by atoms with Crippen molar-refractivity contribution in [2.75, 3.05) is 6.61 Å². The molecule has 0 saturated carbocycles. The molecule has 2 heterocycles. The van der Waals surface area contributed by atoms with E-state index in [-0.39, 0.29) is 12.1 Å². The molecule has 0 radical (unpaired) electrons. The van der Waals surface area contributed by atoms with Crippen molar-refractivity contribution in [1.29, 1.82) is 0 Å². The predicted molar refractivity (Wildman–Crippen MR) is 111 cm³/mol. The highest BCUT2D eigenvalue weighted by Gasteiger charge is 2.16. The Balaban J connectivity index is 1.86. The summed E-state index contributed by atoms with van der Waals surface area (Å²) in [7, 11) is 0. The van der Waals surface area contributed by atoms with Crippen molar-refractivity contribution in [3.8, 4) is 5.75 Å². The molecule has 0 spiro atoms. The number of hydrogen-bond donors (Lipinski definition) is 2. The van der Waals surface area contributed by atoms with Crippen LogP contribution in [0.2, 0.25) is 5.02 Å². The highest BCUT2D eigenvalue weighted by atomic mass is 35.5. The lowest BCUT2D eigenvalue weighted by Crippen LogP contribution is -2.29. The molecule has 154 valence electrons. The fraction of sp³-hybridized carbons (Fsp3) is 0.200. The number of H-pyrrole nitrogens is 1. The van der Waals surface area contributed by atoms with Gasteiger partial charge < -0.3 is 9.84 Å². The van der Waals surface area contributed by atoms with Crippen LogP contribution in [-0.2, 0) is 17.9 Å². The van der Waals surface area contributed by atoms with Crippen molar-refractivity contribution in [2.24, 2.45) is 0 Å². The van der Waals surface area contributed by atoms with Gasteiger partial charge in [-0.2, -0.15) is 5.10 Å². The lowest BCUT2D eigenvalue weighted by atomic mass is 10.1. The van der Waals surface area contributed by atoms with Crippen LogP contribution in [0, 0.1) is 0 Å². The number of halogens is 1. The van der Waals surface area contributed by atoms with Gasteiger partial charge in [0.1, 0.15) is 12.3 Å². The van der Waals surface area contributed by atoms with Gasteiger partial charge in [0.15, 0.2) is 0 Å². The lowest BCUT2D eigenvalue weighted by Gasteiger charge is -2.10. The zero-order chi connectivity index (χ0) is 21.4. The number of fused-ring (bicyclic) bond motifs is 2. The maximum atomic E-state index is 12.9. The zero-order valence-electron chi connectivity index (χ0n) is 15.9. The second-order valence-electron chi connectivity index (χ2n) is 6.61. The first-order valence-electron chi connectivity index (χ1n) is 9.14. The Labute approximate surface area is 174 Å². The molecule has 0 amide bonds. The number of carboxylic acids is 1. The molecule has 0 atom stereocenters. The van der Waals surface area contributed by atoms with Crippen LogP contribution in [0.1, 0.15) is 12.6 Å². The van der Waals surface area contributed by atoms with Crippen LogP contribution < -0.4 is 15.9 Å². The third-order valence-electron chi connectivity index (χ3n) is 4.64. The highest BCUT2D eigenvalue weighted by Crippen LogP contribution is 2.28. The Hall–Kier alpha value is -3.59. The molecule has 2 aromatic heterocycles. The number of rotatable bonds is 6. The minimum Gasteiger partial charge on any atom is -0.492 e. The molecular weight excluding hydrogens is 412 g/mol. The van der Waals surface area contributed by atoms with Crippen molar-refractivity contribution in [3.63, 3.8) is 0 Å². The number of nitrogens with one attached hydrogen (secondary N) is 1. The first kappa shape index (κ1) is 19.7. The molecule has 2 N–H and O–H groups in total. The average molecular weight is 429 g/mol. The maximum absolute atomic E-state index is 12.9. The second kappa shape index (κ2) is 7.68. The van der Waals surface area contributed by atoms with Gasteiger partial charge in [0.25, 0.3) is 11.1 Å². The van der Waals surface area contributed by atoms with Crippen LogP contribution in [0.4, 0.5) is 0 Å². The van der Waals surface area contributed by atoms with Crippen molar-refractivity contribution in [3.05, 3.63) is 67.8 Å². The third kappa shape index (κ3) is 3.43. The molecule has 0 aliphatic heterocycles. The summed E-state index contributed by atoms with van der Waals surface area (Å²) in [5, 5.41) is 17.9. The van der Waals surface area contributed by atoms with Gasteiger partial charge in [0.05, 0.1) is 40.2 Å². The summed E-state index contributed by atoms with van der Waals surface area (Å²) >= 11 is 6.20. The molecule has 0 unspecified atom stereocenters. The quantitative estimate of drug-likeness (QED) is 0.486. The van der Waals surface area contributed by atoms with Crippen LogP contribution in [0.5, 0.6) is 5.75 Å². The molecule has 0 aliphatic rings. The van der Waals surface area contributed by atoms with Gasteiger partial charge in [-0.3, -0.25) is 19.5 Å². The van der Waals surface area contributed by atoms with E-state index < -0.39 is 18.1 Å². The Morgan fingerprint density at radius 3 is 2.60 bits per heavy atom. The van der Waals surface area contributed by atoms with E-state index in [1.165, 1.54) is 10.7 Å². The fourth-order valence-electron chi connectivity index (χ4n) is 3.35. The van der Waals surface area contributed by atoms with Gasteiger partial charge in [0, 0.05) is 11.5 Å². The van der Waals surface area contributed by atoms with Gasteiger partial charge in [0.2, 0.25) is 0 Å². The number of benzene rings is 2. The summed E-state index contributed by atoms with van der Waals surface area (Å²) in [6, 6.07) is 9.93. The molecule has 4 rings (SSSR count). The number of aromatic amines is 1. The number of carbonyl (C=O) groups is 1. The van der Waals surface area contributed by atoms with E-state index >= 15 is 0 Å². The SMILES string of the molecule is CCOc1cc2[nH]n(Cc3nn(CC(=O)O)c(=O)c4ccccc34)c(=O)c2cc1Cl. The standard InChI is InChI=1S/C20H17ClN4O5/c1-2-30-17-8-15-13(7-14(17)21)20(29)24(22-15)9-16-11-5-3-4-6-12(11)19(28)25(23-16)10-18(26)27/h3-8,22H,2,9-10H2,1H3,(H,26,27). The summed E-state index contributed by atoms with van der Waals surface area (Å²) < 4.78 is 7.69. The first-order chi connectivity index (χ1) is 14.4. The van der Waals surface area contributed by atoms with Gasteiger partial charge in [-0.15, -0.1) is 0 Å². The van der Waals surface area contributed by atoms with Crippen LogP contribution >= 0.6 is 11.6 Å². The number of carboxylic acid groups (broad SMARTS) is 1. The number of hydrogen-bond acceptors (Lipinski definition) is 5. The van der Waals surface area contributed by atoms with Gasteiger partial charge in [-0.1, -0.05) is 29.8 Å². The second-order valence-corrected chi connectivity index (χ2v) is 7.02. The number of aromatic nitrogens is 4. The van der Waals surface area contributed by atoms with Crippen LogP contribution in [-0.4, -0.2) is 37.2 Å². The van der Waals surface area contributed by atoms with Gasteiger partial charge >= 0.3 is 5.97 Å². The largest absolute Gasteiger partial charge is 0.492 e. The molecule has 0 bridgehead atoms. The topological polar surface area (TPSA) is 119 Å².